The number of benzene rings is 1. The Labute approximate surface area is 192 Å². The minimum atomic E-state index is -0.758. The van der Waals surface area contributed by atoms with E-state index in [-0.39, 0.29) is 35.5 Å². The number of methoxy groups -OCH3 is 1. The zero-order chi connectivity index (χ0) is 23.2. The van der Waals surface area contributed by atoms with Gasteiger partial charge in [-0.3, -0.25) is 14.4 Å². The second kappa shape index (κ2) is 8.59. The number of aliphatic hydroxyl groups is 1. The number of anilines is 1. The number of aliphatic hydroxyl groups excluding tert-OH is 1. The van der Waals surface area contributed by atoms with Crippen LogP contribution >= 0.6 is 11.8 Å². The first-order valence-corrected chi connectivity index (χ1v) is 11.9. The number of fused-ring (bicyclic) bond motifs is 1. The summed E-state index contributed by atoms with van der Waals surface area (Å²) in [4.78, 5) is 41.8. The summed E-state index contributed by atoms with van der Waals surface area (Å²) in [6, 6.07) is 5.77. The molecule has 3 saturated heterocycles. The lowest BCUT2D eigenvalue weighted by Gasteiger charge is -2.38. The van der Waals surface area contributed by atoms with Crippen molar-refractivity contribution in [3.8, 4) is 5.75 Å². The largest absolute Gasteiger partial charge is 0.497 e. The quantitative estimate of drug-likeness (QED) is 0.568. The molecule has 3 aliphatic heterocycles. The Morgan fingerprint density at radius 3 is 2.53 bits per heavy atom. The molecule has 6 atom stereocenters. The van der Waals surface area contributed by atoms with Crippen LogP contribution in [0.3, 0.4) is 0 Å². The second-order valence-corrected chi connectivity index (χ2v) is 10.7. The maximum atomic E-state index is 13.8. The third-order valence-corrected chi connectivity index (χ3v) is 9.16. The van der Waals surface area contributed by atoms with Crippen molar-refractivity contribution in [2.24, 2.45) is 17.8 Å². The normalized spacial score (nSPS) is 31.6. The summed E-state index contributed by atoms with van der Waals surface area (Å²) in [7, 11) is 3.16. The van der Waals surface area contributed by atoms with Crippen molar-refractivity contribution in [1.82, 2.24) is 10.2 Å². The predicted molar refractivity (Wildman–Crippen MR) is 122 cm³/mol. The van der Waals surface area contributed by atoms with Crippen LogP contribution < -0.4 is 15.4 Å². The van der Waals surface area contributed by atoms with E-state index in [0.29, 0.717) is 17.9 Å². The maximum Gasteiger partial charge on any atom is 0.248 e. The van der Waals surface area contributed by atoms with E-state index in [2.05, 4.69) is 10.6 Å². The number of hydrogen-bond acceptors (Lipinski definition) is 6. The van der Waals surface area contributed by atoms with E-state index in [1.807, 2.05) is 13.8 Å². The molecule has 0 radical (unpaired) electrons. The van der Waals surface area contributed by atoms with Crippen molar-refractivity contribution in [2.45, 2.75) is 48.8 Å². The lowest BCUT2D eigenvalue weighted by molar-refractivity contribution is -0.142. The Morgan fingerprint density at radius 2 is 1.97 bits per heavy atom. The second-order valence-electron chi connectivity index (χ2n) is 9.13. The monoisotopic (exact) mass is 461 g/mol. The molecule has 1 spiro atoms. The van der Waals surface area contributed by atoms with Gasteiger partial charge in [-0.15, -0.1) is 11.8 Å². The zero-order valence-corrected chi connectivity index (χ0v) is 19.6. The molecule has 1 aromatic rings. The molecule has 8 nitrogen and oxygen atoms in total. The van der Waals surface area contributed by atoms with E-state index in [1.165, 1.54) is 0 Å². The van der Waals surface area contributed by atoms with Crippen molar-refractivity contribution < 1.29 is 24.2 Å². The number of carbonyl (C=O) groups is 3. The molecule has 32 heavy (non-hydrogen) atoms. The Morgan fingerprint density at radius 1 is 1.28 bits per heavy atom. The minimum Gasteiger partial charge on any atom is -0.497 e. The Kier molecular flexibility index (Phi) is 6.15. The fourth-order valence-corrected chi connectivity index (χ4v) is 7.93. The molecule has 4 rings (SSSR count). The number of likely N-dealkylation sites (tertiary alicyclic amines) is 1. The van der Waals surface area contributed by atoms with Gasteiger partial charge in [-0.2, -0.15) is 0 Å². The third-order valence-electron chi connectivity index (χ3n) is 7.21. The van der Waals surface area contributed by atoms with Crippen LogP contribution in [-0.2, 0) is 14.4 Å². The summed E-state index contributed by atoms with van der Waals surface area (Å²) >= 11 is 1.62. The van der Waals surface area contributed by atoms with Gasteiger partial charge in [0.2, 0.25) is 17.7 Å². The van der Waals surface area contributed by atoms with Gasteiger partial charge in [0.1, 0.15) is 11.8 Å². The van der Waals surface area contributed by atoms with Crippen LogP contribution in [0.25, 0.3) is 0 Å². The Bertz CT molecular complexity index is 907. The van der Waals surface area contributed by atoms with Gasteiger partial charge in [-0.1, -0.05) is 13.8 Å². The summed E-state index contributed by atoms with van der Waals surface area (Å²) in [6.07, 6.45) is 1.48. The summed E-state index contributed by atoms with van der Waals surface area (Å²) in [5.41, 5.74) is 0.605. The van der Waals surface area contributed by atoms with E-state index in [4.69, 9.17) is 4.74 Å². The van der Waals surface area contributed by atoms with Gasteiger partial charge in [0.05, 0.1) is 36.3 Å². The number of hydrogen-bond donors (Lipinski definition) is 3. The molecule has 174 valence electrons. The van der Waals surface area contributed by atoms with Gasteiger partial charge in [0.25, 0.3) is 0 Å². The zero-order valence-electron chi connectivity index (χ0n) is 18.8. The molecule has 2 unspecified atom stereocenters. The molecule has 2 bridgehead atoms. The van der Waals surface area contributed by atoms with Crippen LogP contribution in [0, 0.1) is 17.8 Å². The van der Waals surface area contributed by atoms with Crippen LogP contribution in [0.5, 0.6) is 5.75 Å². The van der Waals surface area contributed by atoms with E-state index in [9.17, 15) is 19.5 Å². The molecular formula is C23H31N3O5S. The lowest BCUT2D eigenvalue weighted by atomic mass is 9.70. The van der Waals surface area contributed by atoms with Gasteiger partial charge >= 0.3 is 0 Å². The number of nitrogens with one attached hydrogen (secondary N) is 2. The highest BCUT2D eigenvalue weighted by atomic mass is 32.2. The molecule has 1 aromatic carbocycles. The fourth-order valence-electron chi connectivity index (χ4n) is 5.72. The minimum absolute atomic E-state index is 0.0222. The van der Waals surface area contributed by atoms with Crippen molar-refractivity contribution in [1.29, 1.82) is 0 Å². The number of nitrogens with zero attached hydrogens (tertiary/aromatic N) is 1. The average molecular weight is 462 g/mol. The van der Waals surface area contributed by atoms with E-state index < -0.39 is 28.7 Å². The molecule has 3 fully saturated rings. The first-order valence-electron chi connectivity index (χ1n) is 11.1. The van der Waals surface area contributed by atoms with Crippen molar-refractivity contribution >= 4 is 35.2 Å². The van der Waals surface area contributed by atoms with Crippen molar-refractivity contribution in [3.63, 3.8) is 0 Å². The summed E-state index contributed by atoms with van der Waals surface area (Å²) < 4.78 is 4.51. The van der Waals surface area contributed by atoms with Gasteiger partial charge in [0.15, 0.2) is 0 Å². The number of rotatable bonds is 7. The van der Waals surface area contributed by atoms with Crippen LogP contribution in [0.4, 0.5) is 5.69 Å². The molecule has 0 aliphatic carbocycles. The average Bonchev–Trinajstić information content (AvgIpc) is 3.42. The molecule has 3 N–H and O–H groups in total. The van der Waals surface area contributed by atoms with Crippen molar-refractivity contribution in [2.75, 3.05) is 26.1 Å². The Balaban J connectivity index is 1.73. The molecule has 3 aliphatic rings. The van der Waals surface area contributed by atoms with Gasteiger partial charge in [-0.25, -0.2) is 0 Å². The van der Waals surface area contributed by atoms with Gasteiger partial charge in [-0.05, 0) is 43.0 Å². The van der Waals surface area contributed by atoms with Crippen LogP contribution in [0.15, 0.2) is 24.3 Å². The number of amides is 3. The molecule has 3 amide bonds. The number of carbonyl (C=O) groups excluding carboxylic acids is 3. The Hall–Kier alpha value is -2.26. The van der Waals surface area contributed by atoms with Gasteiger partial charge < -0.3 is 25.4 Å². The predicted octanol–water partition coefficient (Wildman–Crippen LogP) is 1.49. The first-order chi connectivity index (χ1) is 15.3. The SMILES string of the molecule is CNC(=O)[C@@H]1[C@H]2C(=O)N([C@@H](CO)C(C)C)C(C(=O)Nc3ccc(OC)cc3)C23CC[C@H]1S3. The summed E-state index contributed by atoms with van der Waals surface area (Å²) in [5.74, 6) is -1.02. The van der Waals surface area contributed by atoms with E-state index >= 15 is 0 Å². The lowest BCUT2D eigenvalue weighted by Crippen LogP contribution is -2.56. The topological polar surface area (TPSA) is 108 Å². The van der Waals surface area contributed by atoms with E-state index in [0.717, 1.165) is 6.42 Å². The highest BCUT2D eigenvalue weighted by Crippen LogP contribution is 2.66. The number of ether oxygens (including phenoxy) is 1. The first kappa shape index (κ1) is 22.9. The van der Waals surface area contributed by atoms with Crippen LogP contribution in [0.2, 0.25) is 0 Å². The van der Waals surface area contributed by atoms with E-state index in [1.54, 1.807) is 55.1 Å². The maximum absolute atomic E-state index is 13.8. The summed E-state index contributed by atoms with van der Waals surface area (Å²) in [6.45, 7) is 3.62. The molecular weight excluding hydrogens is 430 g/mol. The fraction of sp³-hybridized carbons (Fsp3) is 0.609. The molecule has 0 aromatic heterocycles. The van der Waals surface area contributed by atoms with Crippen molar-refractivity contribution in [3.05, 3.63) is 24.3 Å². The van der Waals surface area contributed by atoms with Gasteiger partial charge in [0, 0.05) is 18.0 Å². The summed E-state index contributed by atoms with van der Waals surface area (Å²) in [5, 5.41) is 15.9. The third kappa shape index (κ3) is 3.37. The molecule has 0 saturated carbocycles. The highest BCUT2D eigenvalue weighted by molar-refractivity contribution is 8.02. The van der Waals surface area contributed by atoms with Crippen LogP contribution in [-0.4, -0.2) is 70.6 Å². The standard InChI is InChI=1S/C23H31N3O5S/c1-12(2)15(11-27)26-19(21(29)25-13-5-7-14(31-4)8-6-13)23-10-9-16(32-23)17(20(28)24-3)18(23)22(26)30/h5-8,12,15-19,27H,9-11H2,1-4H3,(H,24,28)(H,25,29)/t15-,16+,17-,18-,19?,23?/m0/s1. The number of thioether (sulfide) groups is 1. The highest BCUT2D eigenvalue weighted by Gasteiger charge is 2.74. The molecule has 9 heteroatoms. The smallest absolute Gasteiger partial charge is 0.248 e. The molecule has 3 heterocycles. The van der Waals surface area contributed by atoms with Crippen LogP contribution in [0.1, 0.15) is 26.7 Å².